The summed E-state index contributed by atoms with van der Waals surface area (Å²) in [7, 11) is 4.13. The van der Waals surface area contributed by atoms with Crippen molar-refractivity contribution in [3.05, 3.63) is 0 Å². The van der Waals surface area contributed by atoms with E-state index in [-0.39, 0.29) is 12.0 Å². The lowest BCUT2D eigenvalue weighted by atomic mass is 10.0. The van der Waals surface area contributed by atoms with Crippen molar-refractivity contribution in [2.45, 2.75) is 25.8 Å². The maximum absolute atomic E-state index is 10.9. The van der Waals surface area contributed by atoms with Gasteiger partial charge in [-0.2, -0.15) is 0 Å². The Morgan fingerprint density at radius 3 is 2.67 bits per heavy atom. The van der Waals surface area contributed by atoms with Crippen molar-refractivity contribution in [1.82, 2.24) is 9.80 Å². The molecule has 2 atom stereocenters. The van der Waals surface area contributed by atoms with Gasteiger partial charge in [-0.3, -0.25) is 9.69 Å². The molecule has 1 aliphatic rings. The third-order valence-corrected chi connectivity index (χ3v) is 3.25. The van der Waals surface area contributed by atoms with E-state index in [1.807, 2.05) is 6.92 Å². The minimum atomic E-state index is -0.641. The molecule has 2 unspecified atom stereocenters. The van der Waals surface area contributed by atoms with E-state index < -0.39 is 5.97 Å². The maximum atomic E-state index is 10.9. The van der Waals surface area contributed by atoms with E-state index in [0.29, 0.717) is 0 Å². The lowest BCUT2D eigenvalue weighted by Gasteiger charge is -2.23. The Kier molecular flexibility index (Phi) is 4.54. The van der Waals surface area contributed by atoms with Gasteiger partial charge in [-0.05, 0) is 53.5 Å². The minimum Gasteiger partial charge on any atom is -0.481 e. The van der Waals surface area contributed by atoms with Crippen LogP contribution in [-0.4, -0.2) is 60.6 Å². The van der Waals surface area contributed by atoms with E-state index in [4.69, 9.17) is 5.11 Å². The zero-order valence-electron chi connectivity index (χ0n) is 9.94. The molecule has 1 N–H and O–H groups in total. The first kappa shape index (κ1) is 12.5. The van der Waals surface area contributed by atoms with Gasteiger partial charge in [0.25, 0.3) is 0 Å². The van der Waals surface area contributed by atoms with Crippen LogP contribution in [0, 0.1) is 5.92 Å². The van der Waals surface area contributed by atoms with Crippen molar-refractivity contribution in [3.8, 4) is 0 Å². The molecule has 4 nitrogen and oxygen atoms in total. The standard InChI is InChI=1S/C11H22N2O2/c1-9-10(11(14)15)5-8-13(9)7-4-6-12(2)3/h9-10H,4-8H2,1-3H3,(H,14,15). The Balaban J connectivity index is 2.30. The van der Waals surface area contributed by atoms with E-state index in [2.05, 4.69) is 23.9 Å². The van der Waals surface area contributed by atoms with E-state index in [9.17, 15) is 4.79 Å². The summed E-state index contributed by atoms with van der Waals surface area (Å²) >= 11 is 0. The van der Waals surface area contributed by atoms with Gasteiger partial charge in [0.2, 0.25) is 0 Å². The van der Waals surface area contributed by atoms with E-state index in [1.54, 1.807) is 0 Å². The number of hydrogen-bond donors (Lipinski definition) is 1. The van der Waals surface area contributed by atoms with Crippen LogP contribution in [-0.2, 0) is 4.79 Å². The highest BCUT2D eigenvalue weighted by Crippen LogP contribution is 2.24. The molecule has 0 amide bonds. The zero-order valence-corrected chi connectivity index (χ0v) is 9.94. The second-order valence-corrected chi connectivity index (χ2v) is 4.67. The molecule has 0 aliphatic carbocycles. The number of carboxylic acids is 1. The Morgan fingerprint density at radius 1 is 1.53 bits per heavy atom. The lowest BCUT2D eigenvalue weighted by Crippen LogP contribution is -2.34. The van der Waals surface area contributed by atoms with Crippen molar-refractivity contribution in [2.75, 3.05) is 33.7 Å². The van der Waals surface area contributed by atoms with Gasteiger partial charge in [-0.15, -0.1) is 0 Å². The summed E-state index contributed by atoms with van der Waals surface area (Å²) in [5.41, 5.74) is 0. The van der Waals surface area contributed by atoms with Gasteiger partial charge in [-0.25, -0.2) is 0 Å². The van der Waals surface area contributed by atoms with Crippen molar-refractivity contribution in [1.29, 1.82) is 0 Å². The predicted molar refractivity (Wildman–Crippen MR) is 59.9 cm³/mol. The van der Waals surface area contributed by atoms with Crippen LogP contribution in [0.4, 0.5) is 0 Å². The third-order valence-electron chi connectivity index (χ3n) is 3.25. The number of aliphatic carboxylic acids is 1. The summed E-state index contributed by atoms with van der Waals surface area (Å²) in [4.78, 5) is 15.4. The zero-order chi connectivity index (χ0) is 11.4. The first-order valence-corrected chi connectivity index (χ1v) is 5.64. The second-order valence-electron chi connectivity index (χ2n) is 4.67. The molecule has 1 fully saturated rings. The van der Waals surface area contributed by atoms with Crippen LogP contribution in [0.3, 0.4) is 0 Å². The first-order valence-electron chi connectivity index (χ1n) is 5.64. The second kappa shape index (κ2) is 5.47. The summed E-state index contributed by atoms with van der Waals surface area (Å²) < 4.78 is 0. The molecule has 0 aromatic carbocycles. The SMILES string of the molecule is CC1C(C(=O)O)CCN1CCCN(C)C. The van der Waals surface area contributed by atoms with Crippen LogP contribution in [0.1, 0.15) is 19.8 Å². The summed E-state index contributed by atoms with van der Waals surface area (Å²) in [6.45, 7) is 5.05. The smallest absolute Gasteiger partial charge is 0.308 e. The Hall–Kier alpha value is -0.610. The summed E-state index contributed by atoms with van der Waals surface area (Å²) in [5, 5.41) is 8.98. The van der Waals surface area contributed by atoms with Gasteiger partial charge >= 0.3 is 5.97 Å². The molecule has 0 spiro atoms. The average Bonchev–Trinajstić information content (AvgIpc) is 2.47. The molecular formula is C11H22N2O2. The van der Waals surface area contributed by atoms with E-state index >= 15 is 0 Å². The first-order chi connectivity index (χ1) is 7.02. The molecule has 1 heterocycles. The average molecular weight is 214 g/mol. The Morgan fingerprint density at radius 2 is 2.20 bits per heavy atom. The lowest BCUT2D eigenvalue weighted by molar-refractivity contribution is -0.142. The van der Waals surface area contributed by atoms with E-state index in [1.165, 1.54) is 0 Å². The van der Waals surface area contributed by atoms with Gasteiger partial charge in [0, 0.05) is 6.04 Å². The molecule has 15 heavy (non-hydrogen) atoms. The molecule has 1 aliphatic heterocycles. The van der Waals surface area contributed by atoms with Gasteiger partial charge in [0.1, 0.15) is 0 Å². The Bertz CT molecular complexity index is 219. The van der Waals surface area contributed by atoms with Crippen LogP contribution in [0.25, 0.3) is 0 Å². The fourth-order valence-corrected chi connectivity index (χ4v) is 2.24. The fourth-order valence-electron chi connectivity index (χ4n) is 2.24. The molecule has 4 heteroatoms. The van der Waals surface area contributed by atoms with Crippen molar-refractivity contribution >= 4 is 5.97 Å². The van der Waals surface area contributed by atoms with Crippen LogP contribution in [0.15, 0.2) is 0 Å². The molecule has 1 saturated heterocycles. The Labute approximate surface area is 91.9 Å². The number of carboxylic acid groups (broad SMARTS) is 1. The normalized spacial score (nSPS) is 27.5. The highest BCUT2D eigenvalue weighted by atomic mass is 16.4. The monoisotopic (exact) mass is 214 g/mol. The summed E-state index contributed by atoms with van der Waals surface area (Å²) in [6.07, 6.45) is 1.92. The van der Waals surface area contributed by atoms with Gasteiger partial charge < -0.3 is 10.0 Å². The number of likely N-dealkylation sites (tertiary alicyclic amines) is 1. The molecule has 0 bridgehead atoms. The van der Waals surface area contributed by atoms with Crippen LogP contribution >= 0.6 is 0 Å². The number of hydrogen-bond acceptors (Lipinski definition) is 3. The maximum Gasteiger partial charge on any atom is 0.308 e. The van der Waals surface area contributed by atoms with Crippen molar-refractivity contribution < 1.29 is 9.90 Å². The molecule has 0 aromatic rings. The van der Waals surface area contributed by atoms with Crippen molar-refractivity contribution in [2.24, 2.45) is 5.92 Å². The molecule has 0 saturated carbocycles. The van der Waals surface area contributed by atoms with Crippen LogP contribution in [0.5, 0.6) is 0 Å². The van der Waals surface area contributed by atoms with Crippen LogP contribution < -0.4 is 0 Å². The van der Waals surface area contributed by atoms with Crippen molar-refractivity contribution in [3.63, 3.8) is 0 Å². The summed E-state index contributed by atoms with van der Waals surface area (Å²) in [6, 6.07) is 0.199. The highest BCUT2D eigenvalue weighted by Gasteiger charge is 2.34. The molecule has 1 rings (SSSR count). The molecule has 0 aromatic heterocycles. The van der Waals surface area contributed by atoms with Gasteiger partial charge in [0.15, 0.2) is 0 Å². The fraction of sp³-hybridized carbons (Fsp3) is 0.909. The third kappa shape index (κ3) is 3.47. The summed E-state index contributed by atoms with van der Waals surface area (Å²) in [5.74, 6) is -0.804. The minimum absolute atomic E-state index is 0.163. The number of carbonyl (C=O) groups is 1. The molecule has 88 valence electrons. The van der Waals surface area contributed by atoms with Crippen LogP contribution in [0.2, 0.25) is 0 Å². The largest absolute Gasteiger partial charge is 0.481 e. The van der Waals surface area contributed by atoms with Gasteiger partial charge in [0.05, 0.1) is 5.92 Å². The van der Waals surface area contributed by atoms with Gasteiger partial charge in [-0.1, -0.05) is 0 Å². The predicted octanol–water partition coefficient (Wildman–Crippen LogP) is 0.733. The van der Waals surface area contributed by atoms with E-state index in [0.717, 1.165) is 32.5 Å². The highest BCUT2D eigenvalue weighted by molar-refractivity contribution is 5.71. The number of nitrogens with zero attached hydrogens (tertiary/aromatic N) is 2. The quantitative estimate of drug-likeness (QED) is 0.733. The molecular weight excluding hydrogens is 192 g/mol. The molecule has 0 radical (unpaired) electrons. The topological polar surface area (TPSA) is 43.8 Å². The number of rotatable bonds is 5.